The van der Waals surface area contributed by atoms with Crippen LogP contribution >= 0.6 is 0 Å². The molecule has 2 fully saturated rings. The third kappa shape index (κ3) is 3.95. The summed E-state index contributed by atoms with van der Waals surface area (Å²) in [6, 6.07) is 2.20. The van der Waals surface area contributed by atoms with Crippen LogP contribution in [0.1, 0.15) is 66.2 Å². The predicted molar refractivity (Wildman–Crippen MR) is 83.5 cm³/mol. The van der Waals surface area contributed by atoms with Crippen LogP contribution in [-0.4, -0.2) is 36.6 Å². The summed E-state index contributed by atoms with van der Waals surface area (Å²) < 4.78 is 0. The molecule has 2 rings (SSSR count). The van der Waals surface area contributed by atoms with Crippen LogP contribution in [-0.2, 0) is 0 Å². The van der Waals surface area contributed by atoms with Crippen LogP contribution in [0.4, 0.5) is 0 Å². The highest BCUT2D eigenvalue weighted by Crippen LogP contribution is 2.41. The van der Waals surface area contributed by atoms with E-state index in [1.807, 2.05) is 0 Å². The molecule has 3 unspecified atom stereocenters. The monoisotopic (exact) mass is 266 g/mol. The number of nitrogens with one attached hydrogen (secondary N) is 1. The average molecular weight is 266 g/mol. The average Bonchev–Trinajstić information content (AvgIpc) is 3.19. The van der Waals surface area contributed by atoms with Crippen LogP contribution in [0.2, 0.25) is 0 Å². The molecule has 19 heavy (non-hydrogen) atoms. The van der Waals surface area contributed by atoms with Crippen molar-refractivity contribution < 1.29 is 0 Å². The zero-order valence-corrected chi connectivity index (χ0v) is 13.7. The van der Waals surface area contributed by atoms with E-state index in [1.54, 1.807) is 0 Å². The van der Waals surface area contributed by atoms with Gasteiger partial charge in [-0.05, 0) is 70.4 Å². The van der Waals surface area contributed by atoms with Gasteiger partial charge in [0.15, 0.2) is 0 Å². The van der Waals surface area contributed by atoms with Gasteiger partial charge >= 0.3 is 0 Å². The lowest BCUT2D eigenvalue weighted by Gasteiger charge is -2.47. The van der Waals surface area contributed by atoms with Gasteiger partial charge in [0.1, 0.15) is 0 Å². The van der Waals surface area contributed by atoms with E-state index in [2.05, 4.69) is 45.0 Å². The third-order valence-electron chi connectivity index (χ3n) is 5.48. The molecular weight excluding hydrogens is 232 g/mol. The molecule has 2 aliphatic rings. The van der Waals surface area contributed by atoms with Crippen LogP contribution < -0.4 is 5.32 Å². The van der Waals surface area contributed by atoms with Crippen LogP contribution in [0.5, 0.6) is 0 Å². The van der Waals surface area contributed by atoms with Crippen molar-refractivity contribution in [3.8, 4) is 0 Å². The van der Waals surface area contributed by atoms with Gasteiger partial charge in [0.25, 0.3) is 0 Å². The molecule has 0 aromatic heterocycles. The summed E-state index contributed by atoms with van der Waals surface area (Å²) in [7, 11) is 2.37. The minimum atomic E-state index is 0.520. The van der Waals surface area contributed by atoms with Gasteiger partial charge in [-0.3, -0.25) is 4.90 Å². The van der Waals surface area contributed by atoms with E-state index in [1.165, 1.54) is 45.1 Å². The molecule has 2 aliphatic carbocycles. The molecule has 0 aromatic carbocycles. The summed E-state index contributed by atoms with van der Waals surface area (Å²) in [5, 5.41) is 3.81. The summed E-state index contributed by atoms with van der Waals surface area (Å²) in [6.45, 7) is 10.8. The molecule has 2 saturated carbocycles. The second-order valence-electron chi connectivity index (χ2n) is 7.78. The molecule has 0 radical (unpaired) electrons. The molecule has 0 heterocycles. The van der Waals surface area contributed by atoms with Crippen LogP contribution in [0, 0.1) is 11.3 Å². The fraction of sp³-hybridized carbons (Fsp3) is 1.00. The van der Waals surface area contributed by atoms with Crippen molar-refractivity contribution in [1.82, 2.24) is 10.2 Å². The molecule has 0 spiro atoms. The van der Waals surface area contributed by atoms with E-state index in [9.17, 15) is 0 Å². The lowest BCUT2D eigenvalue weighted by molar-refractivity contribution is 0.0534. The van der Waals surface area contributed by atoms with Gasteiger partial charge in [0, 0.05) is 18.1 Å². The Labute approximate surface area is 120 Å². The van der Waals surface area contributed by atoms with Gasteiger partial charge in [-0.1, -0.05) is 20.8 Å². The molecule has 2 nitrogen and oxygen atoms in total. The van der Waals surface area contributed by atoms with Gasteiger partial charge in [-0.15, -0.1) is 0 Å². The fourth-order valence-corrected chi connectivity index (χ4v) is 3.76. The van der Waals surface area contributed by atoms with Gasteiger partial charge in [0.05, 0.1) is 0 Å². The lowest BCUT2D eigenvalue weighted by atomic mass is 9.72. The summed E-state index contributed by atoms with van der Waals surface area (Å²) in [4.78, 5) is 2.70. The molecule has 3 atom stereocenters. The Morgan fingerprint density at radius 2 is 1.95 bits per heavy atom. The molecule has 0 bridgehead atoms. The van der Waals surface area contributed by atoms with Crippen molar-refractivity contribution in [1.29, 1.82) is 0 Å². The maximum Gasteiger partial charge on any atom is 0.0254 e. The van der Waals surface area contributed by atoms with Gasteiger partial charge in [-0.2, -0.15) is 0 Å². The highest BCUT2D eigenvalue weighted by molar-refractivity contribution is 4.97. The number of nitrogens with zero attached hydrogens (tertiary/aromatic N) is 1. The number of hydrogen-bond acceptors (Lipinski definition) is 2. The van der Waals surface area contributed by atoms with Gasteiger partial charge in [-0.25, -0.2) is 0 Å². The van der Waals surface area contributed by atoms with Crippen molar-refractivity contribution in [3.63, 3.8) is 0 Å². The number of hydrogen-bond donors (Lipinski definition) is 1. The molecule has 0 saturated heterocycles. The SMILES string of the molecule is CCCNC1CCC(C)(C)CC1N(C)C(C)C1CC1. The van der Waals surface area contributed by atoms with Crippen LogP contribution in [0.25, 0.3) is 0 Å². The van der Waals surface area contributed by atoms with Crippen molar-refractivity contribution in [2.24, 2.45) is 11.3 Å². The van der Waals surface area contributed by atoms with E-state index in [-0.39, 0.29) is 0 Å². The highest BCUT2D eigenvalue weighted by Gasteiger charge is 2.40. The largest absolute Gasteiger partial charge is 0.312 e. The normalized spacial score (nSPS) is 32.5. The Kier molecular flexibility index (Phi) is 4.94. The first-order valence-corrected chi connectivity index (χ1v) is 8.40. The first-order chi connectivity index (χ1) is 8.94. The van der Waals surface area contributed by atoms with Gasteiger partial charge < -0.3 is 5.32 Å². The summed E-state index contributed by atoms with van der Waals surface area (Å²) in [5.41, 5.74) is 0.520. The zero-order valence-electron chi connectivity index (χ0n) is 13.7. The van der Waals surface area contributed by atoms with Crippen molar-refractivity contribution in [2.75, 3.05) is 13.6 Å². The molecule has 0 amide bonds. The van der Waals surface area contributed by atoms with Crippen molar-refractivity contribution >= 4 is 0 Å². The van der Waals surface area contributed by atoms with E-state index in [0.29, 0.717) is 11.5 Å². The third-order valence-corrected chi connectivity index (χ3v) is 5.48. The minimum Gasteiger partial charge on any atom is -0.312 e. The number of likely N-dealkylation sites (N-methyl/N-ethyl adjacent to an activating group) is 1. The molecular formula is C17H34N2. The van der Waals surface area contributed by atoms with Crippen molar-refractivity contribution in [3.05, 3.63) is 0 Å². The van der Waals surface area contributed by atoms with E-state index in [0.717, 1.165) is 18.0 Å². The molecule has 112 valence electrons. The Morgan fingerprint density at radius 1 is 1.26 bits per heavy atom. The Bertz CT molecular complexity index is 283. The first-order valence-electron chi connectivity index (χ1n) is 8.40. The van der Waals surface area contributed by atoms with E-state index < -0.39 is 0 Å². The second-order valence-corrected chi connectivity index (χ2v) is 7.78. The highest BCUT2D eigenvalue weighted by atomic mass is 15.2. The molecule has 2 heteroatoms. The van der Waals surface area contributed by atoms with E-state index >= 15 is 0 Å². The smallest absolute Gasteiger partial charge is 0.0254 e. The maximum atomic E-state index is 3.81. The molecule has 0 aliphatic heterocycles. The lowest BCUT2D eigenvalue weighted by Crippen LogP contribution is -2.56. The quantitative estimate of drug-likeness (QED) is 0.789. The standard InChI is InChI=1S/C17H34N2/c1-6-11-18-15-9-10-17(3,4)12-16(15)19(5)13(2)14-7-8-14/h13-16,18H,6-12H2,1-5H3. The van der Waals surface area contributed by atoms with Gasteiger partial charge in [0.2, 0.25) is 0 Å². The Hall–Kier alpha value is -0.0800. The molecule has 0 aromatic rings. The van der Waals surface area contributed by atoms with Crippen LogP contribution in [0.3, 0.4) is 0 Å². The predicted octanol–water partition coefficient (Wildman–Crippen LogP) is 3.66. The fourth-order valence-electron chi connectivity index (χ4n) is 3.76. The summed E-state index contributed by atoms with van der Waals surface area (Å²) >= 11 is 0. The Balaban J connectivity index is 2.00. The molecule has 1 N–H and O–H groups in total. The van der Waals surface area contributed by atoms with Crippen molar-refractivity contribution in [2.45, 2.75) is 84.3 Å². The maximum absolute atomic E-state index is 3.81. The summed E-state index contributed by atoms with van der Waals surface area (Å²) in [5.74, 6) is 0.974. The minimum absolute atomic E-state index is 0.520. The van der Waals surface area contributed by atoms with Crippen LogP contribution in [0.15, 0.2) is 0 Å². The Morgan fingerprint density at radius 3 is 2.53 bits per heavy atom. The zero-order chi connectivity index (χ0) is 14.0. The summed E-state index contributed by atoms with van der Waals surface area (Å²) in [6.07, 6.45) is 8.22. The first kappa shape index (κ1) is 15.3. The topological polar surface area (TPSA) is 15.3 Å². The number of rotatable bonds is 6. The van der Waals surface area contributed by atoms with E-state index in [4.69, 9.17) is 0 Å². The second kappa shape index (κ2) is 6.13.